The molecule has 0 spiro atoms. The zero-order chi connectivity index (χ0) is 13.1. The van der Waals surface area contributed by atoms with Crippen molar-refractivity contribution >= 4 is 23.4 Å². The van der Waals surface area contributed by atoms with Gasteiger partial charge in [-0.05, 0) is 13.8 Å². The van der Waals surface area contributed by atoms with Crippen molar-refractivity contribution in [3.05, 3.63) is 23.5 Å². The maximum Gasteiger partial charge on any atom is 0.237 e. The van der Waals surface area contributed by atoms with Gasteiger partial charge in [-0.25, -0.2) is 9.67 Å². The van der Waals surface area contributed by atoms with Crippen LogP contribution >= 0.6 is 11.6 Å². The summed E-state index contributed by atoms with van der Waals surface area (Å²) in [4.78, 5) is 8.24. The van der Waals surface area contributed by atoms with E-state index in [0.29, 0.717) is 16.9 Å². The van der Waals surface area contributed by atoms with E-state index in [4.69, 9.17) is 16.3 Å². The standard InChI is InChI=1S/C11H14ClN5O/c1-7(2)17-9(4-5-14-17)15-11-13-6-8(12)10(16-11)18-3/h4-7H,1-3H3,(H,13,15,16). The van der Waals surface area contributed by atoms with Gasteiger partial charge in [0.15, 0.2) is 0 Å². The monoisotopic (exact) mass is 267 g/mol. The molecule has 2 aromatic rings. The molecule has 2 aromatic heterocycles. The Balaban J connectivity index is 2.26. The van der Waals surface area contributed by atoms with Gasteiger partial charge in [0.1, 0.15) is 10.8 Å². The first-order valence-electron chi connectivity index (χ1n) is 5.49. The lowest BCUT2D eigenvalue weighted by atomic mass is 10.4. The van der Waals surface area contributed by atoms with Gasteiger partial charge >= 0.3 is 0 Å². The lowest BCUT2D eigenvalue weighted by Crippen LogP contribution is -2.08. The van der Waals surface area contributed by atoms with Crippen molar-refractivity contribution in [2.45, 2.75) is 19.9 Å². The minimum Gasteiger partial charge on any atom is -0.480 e. The first kappa shape index (κ1) is 12.6. The second kappa shape index (κ2) is 5.22. The Morgan fingerprint density at radius 1 is 1.44 bits per heavy atom. The molecule has 0 saturated heterocycles. The highest BCUT2D eigenvalue weighted by atomic mass is 35.5. The number of aromatic nitrogens is 4. The second-order valence-electron chi connectivity index (χ2n) is 3.93. The highest BCUT2D eigenvalue weighted by molar-refractivity contribution is 6.31. The van der Waals surface area contributed by atoms with Crippen LogP contribution in [0.5, 0.6) is 5.88 Å². The van der Waals surface area contributed by atoms with Crippen LogP contribution in [0.15, 0.2) is 18.5 Å². The van der Waals surface area contributed by atoms with E-state index < -0.39 is 0 Å². The van der Waals surface area contributed by atoms with Gasteiger partial charge in [-0.15, -0.1) is 0 Å². The smallest absolute Gasteiger partial charge is 0.237 e. The minimum atomic E-state index is 0.247. The van der Waals surface area contributed by atoms with Crippen molar-refractivity contribution in [2.75, 3.05) is 12.4 Å². The van der Waals surface area contributed by atoms with E-state index in [2.05, 4.69) is 20.4 Å². The van der Waals surface area contributed by atoms with Crippen LogP contribution in [0.1, 0.15) is 19.9 Å². The Morgan fingerprint density at radius 2 is 2.22 bits per heavy atom. The van der Waals surface area contributed by atoms with Crippen LogP contribution in [0, 0.1) is 0 Å². The van der Waals surface area contributed by atoms with Crippen molar-refractivity contribution in [1.82, 2.24) is 19.7 Å². The predicted molar refractivity (Wildman–Crippen MR) is 69.5 cm³/mol. The number of anilines is 2. The van der Waals surface area contributed by atoms with E-state index in [9.17, 15) is 0 Å². The summed E-state index contributed by atoms with van der Waals surface area (Å²) in [5, 5.41) is 7.66. The molecule has 0 bridgehead atoms. The first-order valence-corrected chi connectivity index (χ1v) is 5.86. The fourth-order valence-electron chi connectivity index (χ4n) is 1.49. The first-order chi connectivity index (χ1) is 8.61. The SMILES string of the molecule is COc1nc(Nc2ccnn2C(C)C)ncc1Cl. The van der Waals surface area contributed by atoms with E-state index >= 15 is 0 Å². The molecule has 0 saturated carbocycles. The van der Waals surface area contributed by atoms with Crippen LogP contribution < -0.4 is 10.1 Å². The molecule has 0 unspecified atom stereocenters. The largest absolute Gasteiger partial charge is 0.480 e. The number of rotatable bonds is 4. The van der Waals surface area contributed by atoms with Gasteiger partial charge in [0, 0.05) is 12.1 Å². The highest BCUT2D eigenvalue weighted by Crippen LogP contribution is 2.23. The summed E-state index contributed by atoms with van der Waals surface area (Å²) in [7, 11) is 1.51. The van der Waals surface area contributed by atoms with E-state index in [0.717, 1.165) is 5.82 Å². The van der Waals surface area contributed by atoms with E-state index in [1.54, 1.807) is 6.20 Å². The Hall–Kier alpha value is -1.82. The lowest BCUT2D eigenvalue weighted by molar-refractivity contribution is 0.398. The van der Waals surface area contributed by atoms with Gasteiger partial charge in [0.05, 0.1) is 19.5 Å². The summed E-state index contributed by atoms with van der Waals surface area (Å²) in [6, 6.07) is 2.10. The van der Waals surface area contributed by atoms with Crippen molar-refractivity contribution in [2.24, 2.45) is 0 Å². The van der Waals surface area contributed by atoms with E-state index in [1.165, 1.54) is 13.3 Å². The molecular formula is C11H14ClN5O. The zero-order valence-electron chi connectivity index (χ0n) is 10.4. The topological polar surface area (TPSA) is 64.9 Å². The highest BCUT2D eigenvalue weighted by Gasteiger charge is 2.09. The maximum absolute atomic E-state index is 5.86. The van der Waals surface area contributed by atoms with Gasteiger partial charge in [-0.2, -0.15) is 10.1 Å². The zero-order valence-corrected chi connectivity index (χ0v) is 11.1. The Bertz CT molecular complexity index is 540. The number of hydrogen-bond acceptors (Lipinski definition) is 5. The van der Waals surface area contributed by atoms with Gasteiger partial charge in [-0.1, -0.05) is 11.6 Å². The van der Waals surface area contributed by atoms with Crippen LogP contribution in [0.3, 0.4) is 0 Å². The van der Waals surface area contributed by atoms with Crippen molar-refractivity contribution < 1.29 is 4.74 Å². The van der Waals surface area contributed by atoms with Gasteiger partial charge < -0.3 is 10.1 Å². The number of halogens is 1. The molecule has 1 N–H and O–H groups in total. The van der Waals surface area contributed by atoms with Crippen molar-refractivity contribution in [3.63, 3.8) is 0 Å². The number of nitrogens with one attached hydrogen (secondary N) is 1. The molecule has 0 fully saturated rings. The van der Waals surface area contributed by atoms with Gasteiger partial charge in [-0.3, -0.25) is 0 Å². The number of nitrogens with zero attached hydrogens (tertiary/aromatic N) is 4. The molecule has 2 rings (SSSR count). The average molecular weight is 268 g/mol. The summed E-state index contributed by atoms with van der Waals surface area (Å²) < 4.78 is 6.87. The molecule has 0 aromatic carbocycles. The van der Waals surface area contributed by atoms with Crippen LogP contribution in [0.4, 0.5) is 11.8 Å². The quantitative estimate of drug-likeness (QED) is 0.923. The van der Waals surface area contributed by atoms with Crippen LogP contribution in [0.2, 0.25) is 5.02 Å². The Kier molecular flexibility index (Phi) is 3.66. The molecule has 6 nitrogen and oxygen atoms in total. The third kappa shape index (κ3) is 2.53. The normalized spacial score (nSPS) is 10.7. The summed E-state index contributed by atoms with van der Waals surface area (Å²) in [6.07, 6.45) is 3.21. The molecule has 96 valence electrons. The molecule has 0 atom stereocenters. The fourth-order valence-corrected chi connectivity index (χ4v) is 1.66. The Labute approximate surface area is 110 Å². The molecule has 0 radical (unpaired) electrons. The summed E-state index contributed by atoms with van der Waals surface area (Å²) in [6.45, 7) is 4.09. The summed E-state index contributed by atoms with van der Waals surface area (Å²) >= 11 is 5.86. The van der Waals surface area contributed by atoms with Crippen LogP contribution in [-0.2, 0) is 0 Å². The van der Waals surface area contributed by atoms with Gasteiger partial charge in [0.25, 0.3) is 0 Å². The average Bonchev–Trinajstić information content (AvgIpc) is 2.80. The molecule has 0 aliphatic rings. The van der Waals surface area contributed by atoms with E-state index in [1.807, 2.05) is 24.6 Å². The molecule has 7 heteroatoms. The van der Waals surface area contributed by atoms with Gasteiger partial charge in [0.2, 0.25) is 11.8 Å². The molecule has 2 heterocycles. The third-order valence-corrected chi connectivity index (χ3v) is 2.56. The van der Waals surface area contributed by atoms with Crippen LogP contribution in [0.25, 0.3) is 0 Å². The minimum absolute atomic E-state index is 0.247. The molecule has 0 aliphatic carbocycles. The Morgan fingerprint density at radius 3 is 2.89 bits per heavy atom. The molecule has 18 heavy (non-hydrogen) atoms. The molecule has 0 amide bonds. The van der Waals surface area contributed by atoms with E-state index in [-0.39, 0.29) is 6.04 Å². The number of methoxy groups -OCH3 is 1. The van der Waals surface area contributed by atoms with Crippen molar-refractivity contribution in [1.29, 1.82) is 0 Å². The maximum atomic E-state index is 5.86. The molecule has 0 aliphatic heterocycles. The summed E-state index contributed by atoms with van der Waals surface area (Å²) in [5.41, 5.74) is 0. The molecular weight excluding hydrogens is 254 g/mol. The number of hydrogen-bond donors (Lipinski definition) is 1. The van der Waals surface area contributed by atoms with Crippen LogP contribution in [-0.4, -0.2) is 26.9 Å². The van der Waals surface area contributed by atoms with Crippen molar-refractivity contribution in [3.8, 4) is 5.88 Å². The summed E-state index contributed by atoms with van der Waals surface area (Å²) in [5.74, 6) is 1.57. The predicted octanol–water partition coefficient (Wildman–Crippen LogP) is 2.66. The lowest BCUT2D eigenvalue weighted by Gasteiger charge is -2.12. The fraction of sp³-hybridized carbons (Fsp3) is 0.364. The second-order valence-corrected chi connectivity index (χ2v) is 4.34. The third-order valence-electron chi connectivity index (χ3n) is 2.30. The number of ether oxygens (including phenoxy) is 1.